The summed E-state index contributed by atoms with van der Waals surface area (Å²) in [6.07, 6.45) is 1.27. The van der Waals surface area contributed by atoms with Crippen molar-refractivity contribution in [2.24, 2.45) is 0 Å². The van der Waals surface area contributed by atoms with Gasteiger partial charge in [0.1, 0.15) is 5.60 Å². The fourth-order valence-electron chi connectivity index (χ4n) is 2.63. The summed E-state index contributed by atoms with van der Waals surface area (Å²) in [7, 11) is 0. The first-order chi connectivity index (χ1) is 11.2. The summed E-state index contributed by atoms with van der Waals surface area (Å²) in [6, 6.07) is 5.00. The second-order valence-corrected chi connectivity index (χ2v) is 7.14. The maximum atomic E-state index is 12.1. The number of nitro groups is 1. The normalized spacial score (nSPS) is 15.9. The SMILES string of the molecule is Cc1ccc([N+](=O)[O-])cc1NC1CCN(C(=O)OC(C)(C)C)CC1. The molecule has 0 atom stereocenters. The number of benzene rings is 1. The Labute approximate surface area is 142 Å². The maximum absolute atomic E-state index is 12.1. The number of rotatable bonds is 3. The Balaban J connectivity index is 1.93. The lowest BCUT2D eigenvalue weighted by Crippen LogP contribution is -2.44. The van der Waals surface area contributed by atoms with E-state index in [2.05, 4.69) is 5.32 Å². The summed E-state index contributed by atoms with van der Waals surface area (Å²) >= 11 is 0. The first kappa shape index (κ1) is 18.0. The first-order valence-electron chi connectivity index (χ1n) is 8.15. The molecule has 0 aliphatic carbocycles. The van der Waals surface area contributed by atoms with E-state index in [-0.39, 0.29) is 17.8 Å². The number of non-ortho nitro benzene ring substituents is 1. The zero-order valence-corrected chi connectivity index (χ0v) is 14.7. The van der Waals surface area contributed by atoms with Gasteiger partial charge in [-0.1, -0.05) is 6.07 Å². The molecular formula is C17H25N3O4. The van der Waals surface area contributed by atoms with Gasteiger partial charge in [0.05, 0.1) is 4.92 Å². The van der Waals surface area contributed by atoms with E-state index < -0.39 is 10.5 Å². The first-order valence-corrected chi connectivity index (χ1v) is 8.15. The zero-order valence-electron chi connectivity index (χ0n) is 14.7. The molecule has 1 fully saturated rings. The van der Waals surface area contributed by atoms with Crippen molar-refractivity contribution in [3.63, 3.8) is 0 Å². The van der Waals surface area contributed by atoms with Gasteiger partial charge in [-0.15, -0.1) is 0 Å². The van der Waals surface area contributed by atoms with Crippen LogP contribution in [0.15, 0.2) is 18.2 Å². The molecule has 1 aliphatic heterocycles. The summed E-state index contributed by atoms with van der Waals surface area (Å²) in [6.45, 7) is 8.70. The third-order valence-electron chi connectivity index (χ3n) is 3.94. The lowest BCUT2D eigenvalue weighted by atomic mass is 10.0. The summed E-state index contributed by atoms with van der Waals surface area (Å²) in [5.74, 6) is 0. The van der Waals surface area contributed by atoms with Gasteiger partial charge in [-0.05, 0) is 46.1 Å². The molecule has 132 valence electrons. The van der Waals surface area contributed by atoms with E-state index in [0.29, 0.717) is 13.1 Å². The van der Waals surface area contributed by atoms with Crippen LogP contribution in [0, 0.1) is 17.0 Å². The minimum absolute atomic E-state index is 0.0780. The largest absolute Gasteiger partial charge is 0.444 e. The van der Waals surface area contributed by atoms with Crippen LogP contribution < -0.4 is 5.32 Å². The fourth-order valence-corrected chi connectivity index (χ4v) is 2.63. The van der Waals surface area contributed by atoms with Crippen molar-refractivity contribution in [1.82, 2.24) is 4.90 Å². The van der Waals surface area contributed by atoms with Gasteiger partial charge >= 0.3 is 6.09 Å². The molecule has 24 heavy (non-hydrogen) atoms. The van der Waals surface area contributed by atoms with Crippen molar-refractivity contribution in [2.45, 2.75) is 52.2 Å². The van der Waals surface area contributed by atoms with Crippen LogP contribution >= 0.6 is 0 Å². The molecule has 7 nitrogen and oxygen atoms in total. The quantitative estimate of drug-likeness (QED) is 0.672. The molecule has 7 heteroatoms. The molecule has 0 saturated carbocycles. The highest BCUT2D eigenvalue weighted by Gasteiger charge is 2.27. The number of nitrogens with zero attached hydrogens (tertiary/aromatic N) is 2. The van der Waals surface area contributed by atoms with E-state index in [0.717, 1.165) is 24.1 Å². The Morgan fingerprint density at radius 1 is 1.33 bits per heavy atom. The highest BCUT2D eigenvalue weighted by atomic mass is 16.6. The van der Waals surface area contributed by atoms with E-state index >= 15 is 0 Å². The molecule has 1 amide bonds. The summed E-state index contributed by atoms with van der Waals surface area (Å²) < 4.78 is 5.38. The minimum Gasteiger partial charge on any atom is -0.444 e. The van der Waals surface area contributed by atoms with Crippen molar-refractivity contribution in [1.29, 1.82) is 0 Å². The lowest BCUT2D eigenvalue weighted by molar-refractivity contribution is -0.384. The van der Waals surface area contributed by atoms with Crippen molar-refractivity contribution in [3.8, 4) is 0 Å². The number of hydrogen-bond acceptors (Lipinski definition) is 5. The third kappa shape index (κ3) is 4.84. The average molecular weight is 335 g/mol. The molecule has 0 spiro atoms. The molecule has 2 rings (SSSR count). The molecule has 0 aromatic heterocycles. The number of piperidine rings is 1. The van der Waals surface area contributed by atoms with Gasteiger partial charge in [0.2, 0.25) is 0 Å². The van der Waals surface area contributed by atoms with Gasteiger partial charge in [0.15, 0.2) is 0 Å². The number of likely N-dealkylation sites (tertiary alicyclic amines) is 1. The Bertz CT molecular complexity index is 617. The highest BCUT2D eigenvalue weighted by Crippen LogP contribution is 2.25. The zero-order chi connectivity index (χ0) is 17.9. The summed E-state index contributed by atoms with van der Waals surface area (Å²) in [5, 5.41) is 14.3. The number of amides is 1. The van der Waals surface area contributed by atoms with Gasteiger partial charge in [-0.3, -0.25) is 10.1 Å². The highest BCUT2D eigenvalue weighted by molar-refractivity contribution is 5.68. The second kappa shape index (κ2) is 7.07. The molecule has 1 aromatic rings. The van der Waals surface area contributed by atoms with E-state index in [9.17, 15) is 14.9 Å². The van der Waals surface area contributed by atoms with Crippen LogP contribution in [0.1, 0.15) is 39.2 Å². The van der Waals surface area contributed by atoms with Crippen molar-refractivity contribution >= 4 is 17.5 Å². The van der Waals surface area contributed by atoms with Gasteiger partial charge in [-0.25, -0.2) is 4.79 Å². The molecule has 1 N–H and O–H groups in total. The Morgan fingerprint density at radius 2 is 1.96 bits per heavy atom. The minimum atomic E-state index is -0.494. The summed E-state index contributed by atoms with van der Waals surface area (Å²) in [5.41, 5.74) is 1.33. The number of carbonyl (C=O) groups excluding carboxylic acids is 1. The van der Waals surface area contributed by atoms with Crippen molar-refractivity contribution < 1.29 is 14.5 Å². The van der Waals surface area contributed by atoms with Crippen molar-refractivity contribution in [3.05, 3.63) is 33.9 Å². The van der Waals surface area contributed by atoms with Crippen LogP contribution in [0.25, 0.3) is 0 Å². The molecule has 0 radical (unpaired) electrons. The topological polar surface area (TPSA) is 84.7 Å². The standard InChI is InChI=1S/C17H25N3O4/c1-12-5-6-14(20(22)23)11-15(12)18-13-7-9-19(10-8-13)16(21)24-17(2,3)4/h5-6,11,13,18H,7-10H2,1-4H3. The van der Waals surface area contributed by atoms with E-state index in [1.165, 1.54) is 6.07 Å². The molecule has 1 saturated heterocycles. The Morgan fingerprint density at radius 3 is 2.50 bits per heavy atom. The predicted molar refractivity (Wildman–Crippen MR) is 92.3 cm³/mol. The molecular weight excluding hydrogens is 310 g/mol. The fraction of sp³-hybridized carbons (Fsp3) is 0.588. The molecule has 1 aromatic carbocycles. The van der Waals surface area contributed by atoms with Gasteiger partial charge in [0, 0.05) is 37.0 Å². The summed E-state index contributed by atoms with van der Waals surface area (Å²) in [4.78, 5) is 24.3. The maximum Gasteiger partial charge on any atom is 0.410 e. The van der Waals surface area contributed by atoms with Crippen molar-refractivity contribution in [2.75, 3.05) is 18.4 Å². The lowest BCUT2D eigenvalue weighted by Gasteiger charge is -2.34. The predicted octanol–water partition coefficient (Wildman–Crippen LogP) is 3.71. The van der Waals surface area contributed by atoms with Crippen LogP contribution in [-0.2, 0) is 4.74 Å². The number of ether oxygens (including phenoxy) is 1. The Kier molecular flexibility index (Phi) is 5.31. The van der Waals surface area contributed by atoms with Crippen LogP contribution in [0.3, 0.4) is 0 Å². The number of nitrogens with one attached hydrogen (secondary N) is 1. The van der Waals surface area contributed by atoms with Crippen LogP contribution in [0.2, 0.25) is 0 Å². The van der Waals surface area contributed by atoms with Crippen LogP contribution in [0.5, 0.6) is 0 Å². The van der Waals surface area contributed by atoms with Crippen LogP contribution in [0.4, 0.5) is 16.2 Å². The third-order valence-corrected chi connectivity index (χ3v) is 3.94. The number of hydrogen-bond donors (Lipinski definition) is 1. The number of aryl methyl sites for hydroxylation is 1. The monoisotopic (exact) mass is 335 g/mol. The van der Waals surface area contributed by atoms with Gasteiger partial charge < -0.3 is 15.0 Å². The van der Waals surface area contributed by atoms with E-state index in [1.807, 2.05) is 27.7 Å². The van der Waals surface area contributed by atoms with Gasteiger partial charge in [-0.2, -0.15) is 0 Å². The van der Waals surface area contributed by atoms with Crippen LogP contribution in [-0.4, -0.2) is 40.6 Å². The molecule has 1 aliphatic rings. The number of carbonyl (C=O) groups is 1. The van der Waals surface area contributed by atoms with Gasteiger partial charge in [0.25, 0.3) is 5.69 Å². The second-order valence-electron chi connectivity index (χ2n) is 7.14. The molecule has 0 bridgehead atoms. The van der Waals surface area contributed by atoms with E-state index in [4.69, 9.17) is 4.74 Å². The molecule has 1 heterocycles. The van der Waals surface area contributed by atoms with E-state index in [1.54, 1.807) is 17.0 Å². The number of nitro benzene ring substituents is 1. The smallest absolute Gasteiger partial charge is 0.410 e. The molecule has 0 unspecified atom stereocenters. The Hall–Kier alpha value is -2.31. The average Bonchev–Trinajstić information content (AvgIpc) is 2.48. The number of anilines is 1.